The van der Waals surface area contributed by atoms with Crippen molar-refractivity contribution in [2.75, 3.05) is 18.0 Å². The summed E-state index contributed by atoms with van der Waals surface area (Å²) in [5, 5.41) is 8.70. The summed E-state index contributed by atoms with van der Waals surface area (Å²) in [4.78, 5) is 18.5. The van der Waals surface area contributed by atoms with Crippen molar-refractivity contribution in [3.63, 3.8) is 0 Å². The molecule has 0 unspecified atom stereocenters. The van der Waals surface area contributed by atoms with E-state index in [1.54, 1.807) is 6.07 Å². The molecule has 4 rings (SSSR count). The first-order chi connectivity index (χ1) is 13.5. The molecule has 1 aliphatic rings. The summed E-state index contributed by atoms with van der Waals surface area (Å²) in [6.45, 7) is 5.58. The summed E-state index contributed by atoms with van der Waals surface area (Å²) in [7, 11) is 0. The first-order valence-corrected chi connectivity index (χ1v) is 9.52. The Labute approximate surface area is 164 Å². The van der Waals surface area contributed by atoms with Gasteiger partial charge in [-0.2, -0.15) is 0 Å². The minimum atomic E-state index is -0.441. The summed E-state index contributed by atoms with van der Waals surface area (Å²) in [5.74, 6) is 0.244. The van der Waals surface area contributed by atoms with Crippen molar-refractivity contribution in [1.29, 1.82) is 0 Å². The van der Waals surface area contributed by atoms with Gasteiger partial charge < -0.3 is 10.6 Å². The highest BCUT2D eigenvalue weighted by atomic mass is 16.1. The number of pyridine rings is 1. The fourth-order valence-electron chi connectivity index (χ4n) is 3.63. The molecule has 0 atom stereocenters. The molecule has 1 aliphatic heterocycles. The molecule has 0 radical (unpaired) electrons. The van der Waals surface area contributed by atoms with Crippen LogP contribution in [0, 0.1) is 13.8 Å². The lowest BCUT2D eigenvalue weighted by Gasteiger charge is -2.33. The summed E-state index contributed by atoms with van der Waals surface area (Å²) in [6, 6.07) is 12.2. The van der Waals surface area contributed by atoms with E-state index in [4.69, 9.17) is 5.73 Å². The molecule has 28 heavy (non-hydrogen) atoms. The van der Waals surface area contributed by atoms with Gasteiger partial charge in [0.25, 0.3) is 5.91 Å². The predicted octanol–water partition coefficient (Wildman–Crippen LogP) is 2.90. The number of aryl methyl sites for hydroxylation is 2. The van der Waals surface area contributed by atoms with Gasteiger partial charge >= 0.3 is 0 Å². The molecular formula is C21H24N6O. The summed E-state index contributed by atoms with van der Waals surface area (Å²) in [6.07, 6.45) is 3.83. The fourth-order valence-corrected chi connectivity index (χ4v) is 3.63. The maximum atomic E-state index is 11.8. The maximum absolute atomic E-state index is 11.8. The number of carbonyl (C=O) groups excluding carboxylic acids is 1. The average Bonchev–Trinajstić information content (AvgIpc) is 3.18. The van der Waals surface area contributed by atoms with E-state index < -0.39 is 5.91 Å². The van der Waals surface area contributed by atoms with Gasteiger partial charge in [-0.25, -0.2) is 9.67 Å². The molecule has 2 N–H and O–H groups in total. The van der Waals surface area contributed by atoms with E-state index in [0.29, 0.717) is 11.4 Å². The number of anilines is 1. The molecule has 3 heterocycles. The molecule has 0 aliphatic carbocycles. The van der Waals surface area contributed by atoms with Crippen LogP contribution in [0.3, 0.4) is 0 Å². The lowest BCUT2D eigenvalue weighted by molar-refractivity contribution is 0.100. The molecule has 2 aromatic heterocycles. The quantitative estimate of drug-likeness (QED) is 0.756. The van der Waals surface area contributed by atoms with E-state index in [-0.39, 0.29) is 6.04 Å². The third-order valence-corrected chi connectivity index (χ3v) is 5.28. The topological polar surface area (TPSA) is 89.9 Å². The molecule has 1 aromatic carbocycles. The summed E-state index contributed by atoms with van der Waals surface area (Å²) < 4.78 is 1.96. The number of carbonyl (C=O) groups is 1. The number of piperidine rings is 1. The zero-order valence-electron chi connectivity index (χ0n) is 16.2. The largest absolute Gasteiger partial charge is 0.365 e. The lowest BCUT2D eigenvalue weighted by Crippen LogP contribution is -2.36. The van der Waals surface area contributed by atoms with Crippen molar-refractivity contribution in [3.8, 4) is 11.3 Å². The monoisotopic (exact) mass is 376 g/mol. The Morgan fingerprint density at radius 1 is 1.07 bits per heavy atom. The smallest absolute Gasteiger partial charge is 0.252 e. The molecule has 1 fully saturated rings. The second-order valence-corrected chi connectivity index (χ2v) is 7.36. The Kier molecular flexibility index (Phi) is 4.81. The van der Waals surface area contributed by atoms with Crippen LogP contribution in [0.5, 0.6) is 0 Å². The van der Waals surface area contributed by atoms with Gasteiger partial charge in [0.2, 0.25) is 0 Å². The van der Waals surface area contributed by atoms with Crippen LogP contribution in [0.1, 0.15) is 40.5 Å². The molecule has 144 valence electrons. The van der Waals surface area contributed by atoms with E-state index in [1.165, 1.54) is 5.56 Å². The van der Waals surface area contributed by atoms with Gasteiger partial charge in [-0.1, -0.05) is 35.0 Å². The Morgan fingerprint density at radius 3 is 2.46 bits per heavy atom. The van der Waals surface area contributed by atoms with Crippen molar-refractivity contribution in [1.82, 2.24) is 20.0 Å². The number of amides is 1. The number of rotatable bonds is 4. The van der Waals surface area contributed by atoms with Crippen molar-refractivity contribution >= 4 is 11.7 Å². The number of benzene rings is 1. The number of nitrogens with zero attached hydrogens (tertiary/aromatic N) is 5. The van der Waals surface area contributed by atoms with E-state index in [0.717, 1.165) is 42.9 Å². The van der Waals surface area contributed by atoms with Crippen LogP contribution in [0.4, 0.5) is 5.82 Å². The lowest BCUT2D eigenvalue weighted by atomic mass is 10.0. The predicted molar refractivity (Wildman–Crippen MR) is 108 cm³/mol. The highest BCUT2D eigenvalue weighted by Gasteiger charge is 2.25. The average molecular weight is 376 g/mol. The third kappa shape index (κ3) is 3.60. The molecule has 3 aromatic rings. The van der Waals surface area contributed by atoms with Crippen LogP contribution in [-0.2, 0) is 0 Å². The minimum absolute atomic E-state index is 0.282. The zero-order valence-corrected chi connectivity index (χ0v) is 16.2. The first-order valence-electron chi connectivity index (χ1n) is 9.52. The summed E-state index contributed by atoms with van der Waals surface area (Å²) >= 11 is 0. The summed E-state index contributed by atoms with van der Waals surface area (Å²) in [5.41, 5.74) is 10.1. The molecule has 0 saturated carbocycles. The minimum Gasteiger partial charge on any atom is -0.365 e. The number of aromatic nitrogens is 4. The van der Waals surface area contributed by atoms with Crippen LogP contribution >= 0.6 is 0 Å². The Morgan fingerprint density at radius 2 is 1.79 bits per heavy atom. The molecule has 1 saturated heterocycles. The van der Waals surface area contributed by atoms with Crippen LogP contribution in [0.25, 0.3) is 11.3 Å². The molecule has 1 amide bonds. The number of nitrogens with two attached hydrogens (primary N) is 1. The number of primary amides is 1. The van der Waals surface area contributed by atoms with E-state index >= 15 is 0 Å². The number of hydrogen-bond acceptors (Lipinski definition) is 5. The Bertz CT molecular complexity index is 986. The standard InChI is InChI=1S/C21H24N6O/c1-14-3-6-16(7-4-14)19-13-27(25-24-19)17-9-11-26(12-10-17)21-18(20(22)28)8-5-15(2)23-21/h3-8,13,17H,9-12H2,1-2H3,(H2,22,28). The van der Waals surface area contributed by atoms with Crippen LogP contribution < -0.4 is 10.6 Å². The van der Waals surface area contributed by atoms with Crippen molar-refractivity contribution < 1.29 is 4.79 Å². The van der Waals surface area contributed by atoms with Crippen LogP contribution in [0.2, 0.25) is 0 Å². The van der Waals surface area contributed by atoms with Gasteiger partial charge in [-0.3, -0.25) is 4.79 Å². The van der Waals surface area contributed by atoms with E-state index in [9.17, 15) is 4.79 Å². The van der Waals surface area contributed by atoms with Crippen molar-refractivity contribution in [3.05, 3.63) is 59.4 Å². The van der Waals surface area contributed by atoms with Gasteiger partial charge in [-0.15, -0.1) is 5.10 Å². The molecule has 0 spiro atoms. The number of hydrogen-bond donors (Lipinski definition) is 1. The zero-order chi connectivity index (χ0) is 19.7. The molecule has 0 bridgehead atoms. The molecule has 7 heteroatoms. The van der Waals surface area contributed by atoms with E-state index in [2.05, 4.69) is 51.4 Å². The normalized spacial score (nSPS) is 15.0. The highest BCUT2D eigenvalue weighted by Crippen LogP contribution is 2.28. The highest BCUT2D eigenvalue weighted by molar-refractivity contribution is 5.97. The molecule has 7 nitrogen and oxygen atoms in total. The van der Waals surface area contributed by atoms with Crippen molar-refractivity contribution in [2.24, 2.45) is 5.73 Å². The van der Waals surface area contributed by atoms with Gasteiger partial charge in [0, 0.05) is 24.3 Å². The molecular weight excluding hydrogens is 352 g/mol. The van der Waals surface area contributed by atoms with Gasteiger partial charge in [0.1, 0.15) is 11.5 Å². The van der Waals surface area contributed by atoms with Crippen LogP contribution in [0.15, 0.2) is 42.6 Å². The fraction of sp³-hybridized carbons (Fsp3) is 0.333. The van der Waals surface area contributed by atoms with Gasteiger partial charge in [-0.05, 0) is 38.8 Å². The van der Waals surface area contributed by atoms with Crippen molar-refractivity contribution in [2.45, 2.75) is 32.7 Å². The SMILES string of the molecule is Cc1ccc(-c2cn(C3CCN(c4nc(C)ccc4C(N)=O)CC3)nn2)cc1. The second kappa shape index (κ2) is 7.42. The Balaban J connectivity index is 1.47. The van der Waals surface area contributed by atoms with E-state index in [1.807, 2.05) is 23.9 Å². The maximum Gasteiger partial charge on any atom is 0.252 e. The van der Waals surface area contributed by atoms with Gasteiger partial charge in [0.05, 0.1) is 17.8 Å². The van der Waals surface area contributed by atoms with Gasteiger partial charge in [0.15, 0.2) is 0 Å². The Hall–Kier alpha value is -3.22. The third-order valence-electron chi connectivity index (χ3n) is 5.28. The second-order valence-electron chi connectivity index (χ2n) is 7.36. The van der Waals surface area contributed by atoms with Crippen LogP contribution in [-0.4, -0.2) is 39.0 Å². The first kappa shape index (κ1) is 18.2.